The fourth-order valence-electron chi connectivity index (χ4n) is 2.36. The molecule has 0 aliphatic heterocycles. The molecule has 1 aromatic carbocycles. The van der Waals surface area contributed by atoms with Crippen molar-refractivity contribution in [3.63, 3.8) is 0 Å². The van der Waals surface area contributed by atoms with Crippen LogP contribution in [-0.4, -0.2) is 22.0 Å². The van der Waals surface area contributed by atoms with Crippen molar-refractivity contribution in [3.05, 3.63) is 31.6 Å². The van der Waals surface area contributed by atoms with Crippen LogP contribution in [-0.2, 0) is 4.79 Å². The minimum absolute atomic E-state index is 0.101. The Morgan fingerprint density at radius 1 is 1.50 bits per heavy atom. The number of aliphatic carboxylic acids is 1. The molecular weight excluding hydrogens is 382 g/mol. The van der Waals surface area contributed by atoms with Crippen LogP contribution in [0.4, 0.5) is 15.8 Å². The number of nitrogens with zero attached hydrogens (tertiary/aromatic N) is 1. The van der Waals surface area contributed by atoms with Crippen LogP contribution >= 0.6 is 22.6 Å². The van der Waals surface area contributed by atoms with E-state index in [4.69, 9.17) is 5.11 Å². The van der Waals surface area contributed by atoms with Gasteiger partial charge in [0.05, 0.1) is 14.4 Å². The summed E-state index contributed by atoms with van der Waals surface area (Å²) in [6, 6.07) is 2.07. The lowest BCUT2D eigenvalue weighted by Gasteiger charge is -2.14. The molecule has 20 heavy (non-hydrogen) atoms. The summed E-state index contributed by atoms with van der Waals surface area (Å²) in [6.07, 6.45) is 1.51. The van der Waals surface area contributed by atoms with E-state index in [2.05, 4.69) is 5.32 Å². The molecule has 2 atom stereocenters. The number of rotatable bonds is 4. The van der Waals surface area contributed by atoms with Crippen molar-refractivity contribution in [2.75, 3.05) is 5.32 Å². The third kappa shape index (κ3) is 3.17. The number of hydrogen-bond donors (Lipinski definition) is 2. The van der Waals surface area contributed by atoms with Crippen molar-refractivity contribution in [2.24, 2.45) is 5.92 Å². The highest BCUT2D eigenvalue weighted by atomic mass is 127. The number of anilines is 1. The number of carboxylic acids is 1. The van der Waals surface area contributed by atoms with E-state index >= 15 is 0 Å². The van der Waals surface area contributed by atoms with Crippen LogP contribution in [0.25, 0.3) is 0 Å². The number of nitrogens with one attached hydrogen (secondary N) is 1. The Hall–Kier alpha value is -1.45. The van der Waals surface area contributed by atoms with E-state index in [9.17, 15) is 19.3 Å². The van der Waals surface area contributed by atoms with Crippen molar-refractivity contribution in [1.29, 1.82) is 0 Å². The van der Waals surface area contributed by atoms with Gasteiger partial charge in [-0.15, -0.1) is 0 Å². The molecule has 0 radical (unpaired) electrons. The molecule has 8 heteroatoms. The Balaban J connectivity index is 2.19. The molecule has 0 bridgehead atoms. The lowest BCUT2D eigenvalue weighted by Crippen LogP contribution is -2.18. The van der Waals surface area contributed by atoms with Gasteiger partial charge in [-0.05, 0) is 41.9 Å². The summed E-state index contributed by atoms with van der Waals surface area (Å²) in [5.41, 5.74) is -0.0986. The zero-order chi connectivity index (χ0) is 14.9. The lowest BCUT2D eigenvalue weighted by molar-refractivity contribution is -0.384. The Morgan fingerprint density at radius 3 is 2.75 bits per heavy atom. The Kier molecular flexibility index (Phi) is 4.41. The lowest BCUT2D eigenvalue weighted by atomic mass is 10.1. The van der Waals surface area contributed by atoms with Gasteiger partial charge in [0, 0.05) is 18.2 Å². The standard InChI is InChI=1S/C12H12FIN2O4/c13-8-4-10(11(16(19)20)5-9(8)14)15-7-2-1-6(3-7)12(17)18/h4-7,15H,1-3H2,(H,17,18)/t6-,7+/m1/s1. The largest absolute Gasteiger partial charge is 0.481 e. The highest BCUT2D eigenvalue weighted by Crippen LogP contribution is 2.33. The summed E-state index contributed by atoms with van der Waals surface area (Å²) in [5.74, 6) is -1.84. The van der Waals surface area contributed by atoms with Crippen LogP contribution in [0.3, 0.4) is 0 Å². The summed E-state index contributed by atoms with van der Waals surface area (Å²) in [5, 5.41) is 22.8. The van der Waals surface area contributed by atoms with E-state index in [1.807, 2.05) is 0 Å². The van der Waals surface area contributed by atoms with Crippen molar-refractivity contribution in [3.8, 4) is 0 Å². The zero-order valence-electron chi connectivity index (χ0n) is 10.3. The number of halogens is 2. The topological polar surface area (TPSA) is 92.5 Å². The molecule has 0 saturated heterocycles. The van der Waals surface area contributed by atoms with E-state index in [0.717, 1.165) is 6.07 Å². The van der Waals surface area contributed by atoms with Crippen molar-refractivity contribution >= 4 is 39.9 Å². The first-order valence-corrected chi connectivity index (χ1v) is 7.09. The maximum atomic E-state index is 13.5. The van der Waals surface area contributed by atoms with Gasteiger partial charge in [-0.25, -0.2) is 4.39 Å². The highest BCUT2D eigenvalue weighted by molar-refractivity contribution is 14.1. The van der Waals surface area contributed by atoms with Gasteiger partial charge in [-0.3, -0.25) is 14.9 Å². The third-order valence-electron chi connectivity index (χ3n) is 3.38. The summed E-state index contributed by atoms with van der Waals surface area (Å²) < 4.78 is 13.7. The minimum Gasteiger partial charge on any atom is -0.481 e. The quantitative estimate of drug-likeness (QED) is 0.466. The molecule has 6 nitrogen and oxygen atoms in total. The maximum Gasteiger partial charge on any atom is 0.306 e. The molecule has 0 heterocycles. The van der Waals surface area contributed by atoms with Gasteiger partial charge in [-0.2, -0.15) is 0 Å². The summed E-state index contributed by atoms with van der Waals surface area (Å²) in [6.45, 7) is 0. The van der Waals surface area contributed by atoms with Gasteiger partial charge in [0.25, 0.3) is 5.69 Å². The van der Waals surface area contributed by atoms with Crippen molar-refractivity contribution < 1.29 is 19.2 Å². The van der Waals surface area contributed by atoms with Crippen molar-refractivity contribution in [1.82, 2.24) is 0 Å². The predicted octanol–water partition coefficient (Wildman–Crippen LogP) is 3.00. The Bertz CT molecular complexity index is 567. The molecule has 1 aromatic rings. The molecule has 0 amide bonds. The highest BCUT2D eigenvalue weighted by Gasteiger charge is 2.31. The van der Waals surface area contributed by atoms with Crippen LogP contribution < -0.4 is 5.32 Å². The molecule has 1 fully saturated rings. The summed E-state index contributed by atoms with van der Waals surface area (Å²) >= 11 is 1.69. The zero-order valence-corrected chi connectivity index (χ0v) is 12.5. The summed E-state index contributed by atoms with van der Waals surface area (Å²) in [4.78, 5) is 21.3. The first-order chi connectivity index (χ1) is 9.38. The number of nitro groups is 1. The molecule has 108 valence electrons. The van der Waals surface area contributed by atoms with Gasteiger partial charge in [-0.1, -0.05) is 0 Å². The fraction of sp³-hybridized carbons (Fsp3) is 0.417. The van der Waals surface area contributed by atoms with Gasteiger partial charge < -0.3 is 10.4 Å². The average Bonchev–Trinajstić information content (AvgIpc) is 2.82. The number of carbonyl (C=O) groups is 1. The fourth-order valence-corrected chi connectivity index (χ4v) is 2.81. The van der Waals surface area contributed by atoms with E-state index in [1.54, 1.807) is 22.6 Å². The predicted molar refractivity (Wildman–Crippen MR) is 78.2 cm³/mol. The molecule has 0 spiro atoms. The van der Waals surface area contributed by atoms with Crippen LogP contribution in [0.2, 0.25) is 0 Å². The van der Waals surface area contributed by atoms with Gasteiger partial charge in [0.2, 0.25) is 0 Å². The van der Waals surface area contributed by atoms with Gasteiger partial charge >= 0.3 is 5.97 Å². The summed E-state index contributed by atoms with van der Waals surface area (Å²) in [7, 11) is 0. The second-order valence-corrected chi connectivity index (χ2v) is 5.89. The smallest absolute Gasteiger partial charge is 0.306 e. The SMILES string of the molecule is O=C(O)[C@@H]1CC[C@H](Nc2cc(F)c(I)cc2[N+](=O)[O-])C1. The molecule has 1 aliphatic carbocycles. The minimum atomic E-state index is -0.863. The van der Waals surface area contributed by atoms with Crippen LogP contribution in [0.15, 0.2) is 12.1 Å². The normalized spacial score (nSPS) is 21.7. The second kappa shape index (κ2) is 5.90. The molecule has 1 saturated carbocycles. The maximum absolute atomic E-state index is 13.5. The Morgan fingerprint density at radius 2 is 2.20 bits per heavy atom. The monoisotopic (exact) mass is 394 g/mol. The van der Waals surface area contributed by atoms with Crippen LogP contribution in [0.5, 0.6) is 0 Å². The molecular formula is C12H12FIN2O4. The molecule has 0 unspecified atom stereocenters. The third-order valence-corrected chi connectivity index (χ3v) is 4.20. The molecule has 2 N–H and O–H groups in total. The van der Waals surface area contributed by atoms with Crippen LogP contribution in [0, 0.1) is 25.4 Å². The van der Waals surface area contributed by atoms with E-state index in [0.29, 0.717) is 19.3 Å². The van der Waals surface area contributed by atoms with Crippen LogP contribution in [0.1, 0.15) is 19.3 Å². The van der Waals surface area contributed by atoms with Gasteiger partial charge in [0.15, 0.2) is 0 Å². The number of hydrogen-bond acceptors (Lipinski definition) is 4. The van der Waals surface area contributed by atoms with E-state index in [1.165, 1.54) is 6.07 Å². The number of benzene rings is 1. The number of nitro benzene ring substituents is 1. The first kappa shape index (κ1) is 14.9. The molecule has 0 aromatic heterocycles. The number of carboxylic acid groups (broad SMARTS) is 1. The van der Waals surface area contributed by atoms with Crippen molar-refractivity contribution in [2.45, 2.75) is 25.3 Å². The van der Waals surface area contributed by atoms with Gasteiger partial charge in [0.1, 0.15) is 11.5 Å². The molecule has 1 aliphatic rings. The van der Waals surface area contributed by atoms with E-state index in [-0.39, 0.29) is 21.0 Å². The average molecular weight is 394 g/mol. The van der Waals surface area contributed by atoms with E-state index < -0.39 is 22.6 Å². The molecule has 2 rings (SSSR count). The Labute approximate surface area is 127 Å². The first-order valence-electron chi connectivity index (χ1n) is 6.01. The second-order valence-electron chi connectivity index (χ2n) is 4.73.